The van der Waals surface area contributed by atoms with Gasteiger partial charge in [0.1, 0.15) is 5.69 Å². The fourth-order valence-electron chi connectivity index (χ4n) is 1.40. The number of hydrogen-bond donors (Lipinski definition) is 1. The summed E-state index contributed by atoms with van der Waals surface area (Å²) in [5, 5.41) is 24.3. The maximum absolute atomic E-state index is 11.0. The molecule has 11 heteroatoms. The van der Waals surface area contributed by atoms with Crippen molar-refractivity contribution < 1.29 is 9.85 Å². The highest BCUT2D eigenvalue weighted by molar-refractivity contribution is 7.75. The minimum atomic E-state index is -0.710. The molecule has 0 atom stereocenters. The average molecular weight is 316 g/mol. The third-order valence-electron chi connectivity index (χ3n) is 2.17. The van der Waals surface area contributed by atoms with Gasteiger partial charge in [0.05, 0.1) is 15.9 Å². The number of aromatic amines is 1. The van der Waals surface area contributed by atoms with Crippen LogP contribution in [0.5, 0.6) is 0 Å². The lowest BCUT2D eigenvalue weighted by molar-refractivity contribution is -0.394. The van der Waals surface area contributed by atoms with E-state index in [0.717, 1.165) is 17.4 Å². The third kappa shape index (κ3) is 2.57. The second kappa shape index (κ2) is 4.95. The fraction of sp³-hybridized carbons (Fsp3) is 0. The van der Waals surface area contributed by atoms with Crippen LogP contribution in [0, 0.1) is 28.1 Å². The van der Waals surface area contributed by atoms with Crippen molar-refractivity contribution in [3.63, 3.8) is 0 Å². The van der Waals surface area contributed by atoms with E-state index in [2.05, 4.69) is 5.10 Å². The molecule has 0 aliphatic carbocycles. The number of benzene rings is 1. The topological polar surface area (TPSA) is 107 Å². The van der Waals surface area contributed by atoms with Crippen LogP contribution in [0.2, 0.25) is 0 Å². The van der Waals surface area contributed by atoms with Gasteiger partial charge < -0.3 is 0 Å². The van der Waals surface area contributed by atoms with E-state index in [1.165, 1.54) is 16.8 Å². The number of nitro benzene ring substituents is 2. The molecule has 2 rings (SSSR count). The standard InChI is InChI=1S/C8H4N4O4S3/c13-11(14)4-1-2-5(6(3-4)12(15)16)10-8(18)19-7(17)9-10/h1-3H,(H,9,17). The Morgan fingerprint density at radius 3 is 2.37 bits per heavy atom. The summed E-state index contributed by atoms with van der Waals surface area (Å²) < 4.78 is 1.91. The number of hydrogen-bond acceptors (Lipinski definition) is 7. The first kappa shape index (κ1) is 13.5. The SMILES string of the molecule is O=[N+]([O-])c1ccc(-n2[nH]c(=S)sc2=S)c([N+](=O)[O-])c1. The van der Waals surface area contributed by atoms with Crippen LogP contribution < -0.4 is 0 Å². The molecule has 0 fully saturated rings. The Morgan fingerprint density at radius 2 is 1.89 bits per heavy atom. The first-order chi connectivity index (χ1) is 8.90. The lowest BCUT2D eigenvalue weighted by Gasteiger charge is -2.03. The summed E-state index contributed by atoms with van der Waals surface area (Å²) in [6.45, 7) is 0. The van der Waals surface area contributed by atoms with Gasteiger partial charge in [-0.3, -0.25) is 25.3 Å². The zero-order chi connectivity index (χ0) is 14.2. The van der Waals surface area contributed by atoms with Crippen LogP contribution in [-0.4, -0.2) is 19.6 Å². The second-order valence-corrected chi connectivity index (χ2v) is 5.60. The van der Waals surface area contributed by atoms with E-state index < -0.39 is 15.5 Å². The molecule has 2 aromatic rings. The molecule has 19 heavy (non-hydrogen) atoms. The normalized spacial score (nSPS) is 10.3. The Labute approximate surface area is 119 Å². The van der Waals surface area contributed by atoms with Gasteiger partial charge in [-0.05, 0) is 30.5 Å². The molecule has 0 radical (unpaired) electrons. The van der Waals surface area contributed by atoms with Crippen molar-refractivity contribution in [2.75, 3.05) is 0 Å². The predicted octanol–water partition coefficient (Wildman–Crippen LogP) is 3.14. The van der Waals surface area contributed by atoms with Crippen molar-refractivity contribution in [1.82, 2.24) is 9.78 Å². The van der Waals surface area contributed by atoms with Crippen molar-refractivity contribution in [1.29, 1.82) is 0 Å². The molecule has 0 unspecified atom stereocenters. The largest absolute Gasteiger partial charge is 0.301 e. The maximum Gasteiger partial charge on any atom is 0.301 e. The lowest BCUT2D eigenvalue weighted by Crippen LogP contribution is -2.02. The van der Waals surface area contributed by atoms with E-state index in [1.807, 2.05) is 0 Å². The Bertz CT molecular complexity index is 790. The summed E-state index contributed by atoms with van der Waals surface area (Å²) in [5.74, 6) is 0. The molecular weight excluding hydrogens is 312 g/mol. The number of aromatic nitrogens is 2. The summed E-state index contributed by atoms with van der Waals surface area (Å²) in [6.07, 6.45) is 0. The number of non-ortho nitro benzene ring substituents is 1. The van der Waals surface area contributed by atoms with Crippen LogP contribution in [0.25, 0.3) is 5.69 Å². The molecule has 0 saturated carbocycles. The molecule has 0 spiro atoms. The van der Waals surface area contributed by atoms with Gasteiger partial charge in [-0.1, -0.05) is 11.3 Å². The maximum atomic E-state index is 11.0. The van der Waals surface area contributed by atoms with Crippen molar-refractivity contribution >= 4 is 47.1 Å². The van der Waals surface area contributed by atoms with Crippen LogP contribution in [0.15, 0.2) is 18.2 Å². The highest BCUT2D eigenvalue weighted by atomic mass is 32.2. The average Bonchev–Trinajstić information content (AvgIpc) is 2.67. The number of H-pyrrole nitrogens is 1. The Kier molecular flexibility index (Phi) is 3.50. The van der Waals surface area contributed by atoms with Crippen molar-refractivity contribution in [3.05, 3.63) is 46.3 Å². The summed E-state index contributed by atoms with van der Waals surface area (Å²) in [6, 6.07) is 3.30. The van der Waals surface area contributed by atoms with Gasteiger partial charge in [0.2, 0.25) is 0 Å². The van der Waals surface area contributed by atoms with Gasteiger partial charge in [-0.2, -0.15) is 0 Å². The molecule has 0 saturated heterocycles. The molecule has 0 bridgehead atoms. The van der Waals surface area contributed by atoms with Crippen LogP contribution in [-0.2, 0) is 0 Å². The summed E-state index contributed by atoms with van der Waals surface area (Å²) in [7, 11) is 0. The molecule has 0 aliphatic rings. The Morgan fingerprint density at radius 1 is 1.21 bits per heavy atom. The summed E-state index contributed by atoms with van der Waals surface area (Å²) in [5.41, 5.74) is -0.682. The predicted molar refractivity (Wildman–Crippen MR) is 73.0 cm³/mol. The van der Waals surface area contributed by atoms with Gasteiger partial charge >= 0.3 is 5.69 Å². The molecule has 1 heterocycles. The molecule has 1 aromatic heterocycles. The number of nitro groups is 2. The number of nitrogens with zero attached hydrogens (tertiary/aromatic N) is 3. The lowest BCUT2D eigenvalue weighted by atomic mass is 10.2. The van der Waals surface area contributed by atoms with Crippen molar-refractivity contribution in [2.24, 2.45) is 0 Å². The van der Waals surface area contributed by atoms with Gasteiger partial charge in [-0.15, -0.1) is 0 Å². The van der Waals surface area contributed by atoms with E-state index in [-0.39, 0.29) is 11.4 Å². The zero-order valence-corrected chi connectivity index (χ0v) is 11.4. The molecule has 0 aliphatic heterocycles. The quantitative estimate of drug-likeness (QED) is 0.529. The minimum Gasteiger partial charge on any atom is -0.273 e. The van der Waals surface area contributed by atoms with E-state index in [9.17, 15) is 20.2 Å². The van der Waals surface area contributed by atoms with Crippen LogP contribution in [0.3, 0.4) is 0 Å². The monoisotopic (exact) mass is 316 g/mol. The van der Waals surface area contributed by atoms with E-state index >= 15 is 0 Å². The first-order valence-electron chi connectivity index (χ1n) is 4.65. The summed E-state index contributed by atoms with van der Waals surface area (Å²) >= 11 is 11.0. The van der Waals surface area contributed by atoms with Crippen LogP contribution >= 0.6 is 35.8 Å². The number of nitrogens with one attached hydrogen (secondary N) is 1. The zero-order valence-electron chi connectivity index (χ0n) is 8.93. The smallest absolute Gasteiger partial charge is 0.273 e. The second-order valence-electron chi connectivity index (χ2n) is 3.29. The van der Waals surface area contributed by atoms with E-state index in [0.29, 0.717) is 7.91 Å². The molecule has 0 amide bonds. The minimum absolute atomic E-state index is 0.105. The highest BCUT2D eigenvalue weighted by Crippen LogP contribution is 2.28. The molecule has 8 nitrogen and oxygen atoms in total. The molecular formula is C8H4N4O4S3. The van der Waals surface area contributed by atoms with Gasteiger partial charge in [0.25, 0.3) is 5.69 Å². The van der Waals surface area contributed by atoms with Crippen LogP contribution in [0.4, 0.5) is 11.4 Å². The van der Waals surface area contributed by atoms with E-state index in [4.69, 9.17) is 24.4 Å². The number of rotatable bonds is 3. The van der Waals surface area contributed by atoms with E-state index in [1.54, 1.807) is 0 Å². The van der Waals surface area contributed by atoms with Gasteiger partial charge in [0.15, 0.2) is 7.91 Å². The van der Waals surface area contributed by atoms with Crippen molar-refractivity contribution in [3.8, 4) is 5.69 Å². The molecule has 98 valence electrons. The Balaban J connectivity index is 2.74. The first-order valence-corrected chi connectivity index (χ1v) is 6.29. The summed E-state index contributed by atoms with van der Waals surface area (Å²) in [4.78, 5) is 20.2. The van der Waals surface area contributed by atoms with Crippen molar-refractivity contribution in [2.45, 2.75) is 0 Å². The highest BCUT2D eigenvalue weighted by Gasteiger charge is 2.21. The van der Waals surface area contributed by atoms with Gasteiger partial charge in [0, 0.05) is 6.07 Å². The Hall–Kier alpha value is -1.98. The molecule has 1 N–H and O–H groups in total. The van der Waals surface area contributed by atoms with Crippen LogP contribution in [0.1, 0.15) is 0 Å². The fourth-order valence-corrected chi connectivity index (χ4v) is 2.82. The van der Waals surface area contributed by atoms with Gasteiger partial charge in [-0.25, -0.2) is 4.68 Å². The third-order valence-corrected chi connectivity index (χ3v) is 3.58. The molecule has 1 aromatic carbocycles.